The fraction of sp³-hybridized carbons (Fsp3) is 0.920. The monoisotopic (exact) mass is 401 g/mol. The van der Waals surface area contributed by atoms with E-state index in [1.54, 1.807) is 0 Å². The van der Waals surface area contributed by atoms with Crippen molar-refractivity contribution in [3.05, 3.63) is 12.7 Å². The van der Waals surface area contributed by atoms with Gasteiger partial charge < -0.3 is 17.3 Å². The van der Waals surface area contributed by atoms with Crippen molar-refractivity contribution in [1.29, 1.82) is 0 Å². The highest BCUT2D eigenvalue weighted by Crippen LogP contribution is 2.06. The Hall–Kier alpha value is -0.0100. The average molecular weight is 402 g/mol. The second kappa shape index (κ2) is 26.0. The van der Waals surface area contributed by atoms with E-state index in [0.29, 0.717) is 0 Å². The predicted octanol–water partition coefficient (Wildman–Crippen LogP) is 4.12. The van der Waals surface area contributed by atoms with Gasteiger partial charge in [0.05, 0.1) is 19.6 Å². The summed E-state index contributed by atoms with van der Waals surface area (Å²) >= 11 is 0. The summed E-state index contributed by atoms with van der Waals surface area (Å²) in [7, 11) is 0. The summed E-state index contributed by atoms with van der Waals surface area (Å²) in [6.45, 7) is 12.7. The highest BCUT2D eigenvalue weighted by molar-refractivity contribution is 4.65. The van der Waals surface area contributed by atoms with Crippen molar-refractivity contribution in [3.8, 4) is 0 Å². The van der Waals surface area contributed by atoms with Gasteiger partial charge in [-0.2, -0.15) is 0 Å². The van der Waals surface area contributed by atoms with Crippen LogP contribution in [0.4, 0.5) is 0 Å². The van der Waals surface area contributed by atoms with Gasteiger partial charge in [0.1, 0.15) is 0 Å². The van der Waals surface area contributed by atoms with Crippen molar-refractivity contribution in [1.82, 2.24) is 0 Å². The largest absolute Gasteiger partial charge is 1.00 e. The lowest BCUT2D eigenvalue weighted by atomic mass is 10.1. The second-order valence-corrected chi connectivity index (χ2v) is 8.38. The zero-order valence-corrected chi connectivity index (χ0v) is 19.8. The van der Waals surface area contributed by atoms with E-state index in [4.69, 9.17) is 0 Å². The van der Waals surface area contributed by atoms with Gasteiger partial charge in [0.25, 0.3) is 0 Å². The highest BCUT2D eigenvalue weighted by Gasteiger charge is 2.08. The Morgan fingerprint density at radius 1 is 0.519 bits per heavy atom. The number of hydrogen-bond acceptors (Lipinski definition) is 0. The molecular weight excluding hydrogens is 350 g/mol. The van der Waals surface area contributed by atoms with Gasteiger partial charge in [0.15, 0.2) is 0 Å². The summed E-state index contributed by atoms with van der Waals surface area (Å²) < 4.78 is 0. The molecule has 0 aliphatic carbocycles. The Labute approximate surface area is 179 Å². The molecule has 0 aromatic heterocycles. The third kappa shape index (κ3) is 24.0. The van der Waals surface area contributed by atoms with Crippen molar-refractivity contribution >= 4 is 0 Å². The van der Waals surface area contributed by atoms with E-state index in [1.165, 1.54) is 135 Å². The average Bonchev–Trinajstić information content (AvgIpc) is 2.65. The maximum atomic E-state index is 3.82. The van der Waals surface area contributed by atoms with Crippen LogP contribution in [0.25, 0.3) is 0 Å². The fourth-order valence-electron chi connectivity index (χ4n) is 3.88. The third-order valence-corrected chi connectivity index (χ3v) is 5.71. The van der Waals surface area contributed by atoms with Crippen molar-refractivity contribution < 1.29 is 17.3 Å². The quantitative estimate of drug-likeness (QED) is 0.205. The van der Waals surface area contributed by atoms with E-state index < -0.39 is 0 Å². The normalized spacial score (nSPS) is 10.9. The van der Waals surface area contributed by atoms with Crippen LogP contribution in [0.2, 0.25) is 0 Å². The summed E-state index contributed by atoms with van der Waals surface area (Å²) in [5.41, 5.74) is 0. The number of hydrogen-bond donors (Lipinski definition) is 1. The Bertz CT molecular complexity index is 251. The number of allylic oxidation sites excluding steroid dienone is 1. The van der Waals surface area contributed by atoms with E-state index in [-0.39, 0.29) is 12.4 Å². The molecule has 0 aliphatic heterocycles. The standard InChI is InChI=1S/C25H51N.ClH/c1-4-7-10-13-16-19-22-25-26(23-20-17-14-11-8-5-2)24-21-18-15-12-9-6-3;/h4H,1,5-25H2,2-3H3;1H. The maximum Gasteiger partial charge on any atom is 0.0770 e. The Morgan fingerprint density at radius 3 is 1.22 bits per heavy atom. The molecule has 0 radical (unpaired) electrons. The van der Waals surface area contributed by atoms with E-state index >= 15 is 0 Å². The molecule has 0 saturated carbocycles. The summed E-state index contributed by atoms with van der Waals surface area (Å²) in [4.78, 5) is 1.90. The Morgan fingerprint density at radius 2 is 0.852 bits per heavy atom. The van der Waals surface area contributed by atoms with Gasteiger partial charge in [-0.15, -0.1) is 6.58 Å². The predicted molar refractivity (Wildman–Crippen MR) is 120 cm³/mol. The first-order valence-electron chi connectivity index (χ1n) is 12.3. The van der Waals surface area contributed by atoms with Gasteiger partial charge in [-0.25, -0.2) is 0 Å². The van der Waals surface area contributed by atoms with Gasteiger partial charge in [0, 0.05) is 0 Å². The number of quaternary nitrogens is 1. The molecule has 0 bridgehead atoms. The van der Waals surface area contributed by atoms with Gasteiger partial charge in [0.2, 0.25) is 0 Å². The van der Waals surface area contributed by atoms with Crippen LogP contribution in [0.1, 0.15) is 129 Å². The molecule has 0 aliphatic rings. The van der Waals surface area contributed by atoms with Crippen LogP contribution in [-0.4, -0.2) is 19.6 Å². The molecule has 0 heterocycles. The topological polar surface area (TPSA) is 4.44 Å². The third-order valence-electron chi connectivity index (χ3n) is 5.71. The molecule has 1 N–H and O–H groups in total. The number of halogens is 1. The van der Waals surface area contributed by atoms with E-state index in [1.807, 2.05) is 4.90 Å². The van der Waals surface area contributed by atoms with Gasteiger partial charge in [-0.1, -0.05) is 84.1 Å². The summed E-state index contributed by atoms with van der Waals surface area (Å²) in [5, 5.41) is 0. The minimum atomic E-state index is 0. The molecule has 0 spiro atoms. The molecule has 0 rings (SSSR count). The van der Waals surface area contributed by atoms with E-state index in [2.05, 4.69) is 26.5 Å². The molecule has 0 fully saturated rings. The Kier molecular flexibility index (Phi) is 28.1. The Balaban J connectivity index is 0. The van der Waals surface area contributed by atoms with Crippen molar-refractivity contribution in [2.45, 2.75) is 129 Å². The van der Waals surface area contributed by atoms with Crippen molar-refractivity contribution in [2.75, 3.05) is 19.6 Å². The van der Waals surface area contributed by atoms with Gasteiger partial charge in [-0.3, -0.25) is 0 Å². The number of nitrogens with one attached hydrogen (secondary N) is 1. The minimum absolute atomic E-state index is 0. The van der Waals surface area contributed by atoms with Crippen molar-refractivity contribution in [3.63, 3.8) is 0 Å². The number of rotatable bonds is 22. The van der Waals surface area contributed by atoms with Gasteiger partial charge >= 0.3 is 0 Å². The number of unbranched alkanes of at least 4 members (excludes halogenated alkanes) is 15. The van der Waals surface area contributed by atoms with E-state index in [9.17, 15) is 0 Å². The molecule has 0 aromatic carbocycles. The highest BCUT2D eigenvalue weighted by atomic mass is 35.5. The maximum absolute atomic E-state index is 3.82. The molecule has 164 valence electrons. The first-order chi connectivity index (χ1) is 12.8. The summed E-state index contributed by atoms with van der Waals surface area (Å²) in [6.07, 6.45) is 27.5. The molecule has 2 heteroatoms. The zero-order valence-electron chi connectivity index (χ0n) is 19.0. The molecule has 0 saturated heterocycles. The lowest BCUT2D eigenvalue weighted by Crippen LogP contribution is -3.12. The SMILES string of the molecule is C=CCCCCCCC[NH+](CCCCCCCC)CCCCCCCC.[Cl-]. The smallest absolute Gasteiger partial charge is 0.0770 e. The molecular formula is C25H52ClN. The van der Waals surface area contributed by atoms with Crippen LogP contribution >= 0.6 is 0 Å². The molecule has 27 heavy (non-hydrogen) atoms. The van der Waals surface area contributed by atoms with Gasteiger partial charge in [-0.05, 0) is 51.4 Å². The molecule has 0 aromatic rings. The van der Waals surface area contributed by atoms with E-state index in [0.717, 1.165) is 0 Å². The molecule has 0 atom stereocenters. The van der Waals surface area contributed by atoms with Crippen LogP contribution in [0.3, 0.4) is 0 Å². The summed E-state index contributed by atoms with van der Waals surface area (Å²) in [5.74, 6) is 0. The minimum Gasteiger partial charge on any atom is -1.00 e. The fourth-order valence-corrected chi connectivity index (χ4v) is 3.88. The molecule has 1 nitrogen and oxygen atoms in total. The first kappa shape index (κ1) is 29.2. The summed E-state index contributed by atoms with van der Waals surface area (Å²) in [6, 6.07) is 0. The van der Waals surface area contributed by atoms with Crippen LogP contribution < -0.4 is 17.3 Å². The lowest BCUT2D eigenvalue weighted by Gasteiger charge is -2.20. The van der Waals surface area contributed by atoms with Crippen LogP contribution in [-0.2, 0) is 0 Å². The second-order valence-electron chi connectivity index (χ2n) is 8.38. The van der Waals surface area contributed by atoms with Crippen LogP contribution in [0, 0.1) is 0 Å². The zero-order chi connectivity index (χ0) is 19.1. The lowest BCUT2D eigenvalue weighted by molar-refractivity contribution is -0.900. The van der Waals surface area contributed by atoms with Crippen molar-refractivity contribution in [2.24, 2.45) is 0 Å². The molecule has 0 amide bonds. The first-order valence-corrected chi connectivity index (χ1v) is 12.3. The molecule has 0 unspecified atom stereocenters. The van der Waals surface area contributed by atoms with Crippen LogP contribution in [0.5, 0.6) is 0 Å². The van der Waals surface area contributed by atoms with Crippen LogP contribution in [0.15, 0.2) is 12.7 Å².